The second-order valence-corrected chi connectivity index (χ2v) is 8.54. The fourth-order valence-electron chi connectivity index (χ4n) is 4.42. The topological polar surface area (TPSA) is 28.6 Å². The lowest BCUT2D eigenvalue weighted by Gasteiger charge is -2.35. The number of likely N-dealkylation sites (tertiary alicyclic amines) is 2. The third-order valence-corrected chi connectivity index (χ3v) is 6.41. The van der Waals surface area contributed by atoms with Crippen molar-refractivity contribution in [2.45, 2.75) is 44.6 Å². The van der Waals surface area contributed by atoms with Gasteiger partial charge in [-0.05, 0) is 63.7 Å². The molecule has 0 bridgehead atoms. The zero-order valence-corrected chi connectivity index (χ0v) is 17.8. The molecule has 1 aromatic carbocycles. The lowest BCUT2D eigenvalue weighted by atomic mass is 9.93. The molecule has 4 rings (SSSR count). The first-order valence-electron chi connectivity index (χ1n) is 10.9. The summed E-state index contributed by atoms with van der Waals surface area (Å²) in [6.07, 6.45) is 4.70. The van der Waals surface area contributed by atoms with Crippen molar-refractivity contribution in [2.75, 3.05) is 33.2 Å². The third kappa shape index (κ3) is 4.81. The first kappa shape index (κ1) is 20.0. The molecule has 0 radical (unpaired) electrons. The fourth-order valence-corrected chi connectivity index (χ4v) is 4.42. The molecule has 0 spiro atoms. The Balaban J connectivity index is 1.35. The van der Waals surface area contributed by atoms with E-state index in [1.807, 2.05) is 6.07 Å². The molecule has 0 N–H and O–H groups in total. The van der Waals surface area contributed by atoms with E-state index < -0.39 is 0 Å². The van der Waals surface area contributed by atoms with Gasteiger partial charge in [-0.25, -0.2) is 0 Å². The van der Waals surface area contributed by atoms with Crippen molar-refractivity contribution >= 4 is 5.70 Å². The summed E-state index contributed by atoms with van der Waals surface area (Å²) < 4.78 is 6.25. The van der Waals surface area contributed by atoms with Crippen molar-refractivity contribution in [3.63, 3.8) is 0 Å². The normalized spacial score (nSPS) is 19.3. The molecular weight excluding hydrogens is 358 g/mol. The van der Waals surface area contributed by atoms with Crippen molar-refractivity contribution in [1.29, 1.82) is 0 Å². The summed E-state index contributed by atoms with van der Waals surface area (Å²) in [5, 5.41) is 0. The highest BCUT2D eigenvalue weighted by Crippen LogP contribution is 2.29. The molecule has 3 heterocycles. The minimum Gasteiger partial charge on any atom is -0.490 e. The SMILES string of the molecule is C=C(c1cccc(C2CCN(C)CC2)n1)N1CCC(Oc2ccccc2C)CC1. The van der Waals surface area contributed by atoms with Crippen molar-refractivity contribution in [2.24, 2.45) is 0 Å². The minimum atomic E-state index is 0.277. The average Bonchev–Trinajstić information content (AvgIpc) is 2.76. The van der Waals surface area contributed by atoms with Gasteiger partial charge in [0, 0.05) is 37.5 Å². The van der Waals surface area contributed by atoms with Gasteiger partial charge < -0.3 is 14.5 Å². The van der Waals surface area contributed by atoms with E-state index in [0.717, 1.165) is 56.2 Å². The number of hydrogen-bond acceptors (Lipinski definition) is 4. The van der Waals surface area contributed by atoms with Crippen LogP contribution in [0.25, 0.3) is 5.70 Å². The molecule has 154 valence electrons. The van der Waals surface area contributed by atoms with Gasteiger partial charge in [-0.1, -0.05) is 30.8 Å². The van der Waals surface area contributed by atoms with E-state index in [-0.39, 0.29) is 6.10 Å². The Bertz CT molecular complexity index is 833. The van der Waals surface area contributed by atoms with E-state index in [4.69, 9.17) is 9.72 Å². The number of aromatic nitrogens is 1. The molecule has 0 saturated carbocycles. The first-order chi connectivity index (χ1) is 14.1. The molecule has 0 atom stereocenters. The zero-order chi connectivity index (χ0) is 20.2. The van der Waals surface area contributed by atoms with Gasteiger partial charge >= 0.3 is 0 Å². The van der Waals surface area contributed by atoms with E-state index in [0.29, 0.717) is 5.92 Å². The summed E-state index contributed by atoms with van der Waals surface area (Å²) in [7, 11) is 2.20. The summed E-state index contributed by atoms with van der Waals surface area (Å²) in [4.78, 5) is 9.78. The van der Waals surface area contributed by atoms with Gasteiger partial charge in [-0.2, -0.15) is 0 Å². The van der Waals surface area contributed by atoms with E-state index in [1.54, 1.807) is 0 Å². The highest BCUT2D eigenvalue weighted by molar-refractivity contribution is 5.58. The summed E-state index contributed by atoms with van der Waals surface area (Å²) in [5.74, 6) is 1.59. The Kier molecular flexibility index (Phi) is 6.19. The largest absolute Gasteiger partial charge is 0.490 e. The molecule has 2 fully saturated rings. The molecule has 2 aliphatic heterocycles. The number of para-hydroxylation sites is 1. The molecule has 0 amide bonds. The van der Waals surface area contributed by atoms with Crippen molar-refractivity contribution < 1.29 is 4.74 Å². The second-order valence-electron chi connectivity index (χ2n) is 8.54. The number of benzene rings is 1. The van der Waals surface area contributed by atoms with Crippen LogP contribution >= 0.6 is 0 Å². The van der Waals surface area contributed by atoms with Crippen molar-refractivity contribution in [1.82, 2.24) is 14.8 Å². The number of ether oxygens (including phenoxy) is 1. The quantitative estimate of drug-likeness (QED) is 0.738. The number of aryl methyl sites for hydroxylation is 1. The van der Waals surface area contributed by atoms with Crippen LogP contribution < -0.4 is 4.74 Å². The van der Waals surface area contributed by atoms with E-state index in [9.17, 15) is 0 Å². The lowest BCUT2D eigenvalue weighted by molar-refractivity contribution is 0.126. The summed E-state index contributed by atoms with van der Waals surface area (Å²) in [6, 6.07) is 14.7. The zero-order valence-electron chi connectivity index (χ0n) is 17.8. The smallest absolute Gasteiger partial charge is 0.122 e. The molecule has 2 aromatic rings. The maximum Gasteiger partial charge on any atom is 0.122 e. The molecule has 2 aliphatic rings. The third-order valence-electron chi connectivity index (χ3n) is 6.41. The maximum atomic E-state index is 6.25. The van der Waals surface area contributed by atoms with Crippen LogP contribution in [0, 0.1) is 6.92 Å². The highest BCUT2D eigenvalue weighted by Gasteiger charge is 2.24. The summed E-state index contributed by atoms with van der Waals surface area (Å²) in [5.41, 5.74) is 4.51. The predicted molar refractivity (Wildman–Crippen MR) is 119 cm³/mol. The molecular formula is C25H33N3O. The summed E-state index contributed by atoms with van der Waals surface area (Å²) in [6.45, 7) is 10.7. The molecule has 4 nitrogen and oxygen atoms in total. The van der Waals surface area contributed by atoms with E-state index >= 15 is 0 Å². The number of pyridine rings is 1. The molecule has 0 unspecified atom stereocenters. The number of piperidine rings is 2. The van der Waals surface area contributed by atoms with Gasteiger partial charge in [0.25, 0.3) is 0 Å². The van der Waals surface area contributed by atoms with Crippen molar-refractivity contribution in [3.05, 3.63) is 66.0 Å². The van der Waals surface area contributed by atoms with Crippen LogP contribution in [-0.4, -0.2) is 54.1 Å². The van der Waals surface area contributed by atoms with Crippen LogP contribution in [0.3, 0.4) is 0 Å². The standard InChI is InChI=1S/C25H33N3O/c1-19-7-4-5-10-25(19)29-22-13-17-28(18-14-22)20(2)23-8-6-9-24(26-23)21-11-15-27(3)16-12-21/h4-10,21-22H,2,11-18H2,1,3H3. The second kappa shape index (κ2) is 9.00. The Morgan fingerprint density at radius 2 is 1.69 bits per heavy atom. The monoisotopic (exact) mass is 391 g/mol. The molecule has 1 aromatic heterocycles. The molecule has 2 saturated heterocycles. The van der Waals surface area contributed by atoms with Crippen LogP contribution in [0.15, 0.2) is 49.0 Å². The van der Waals surface area contributed by atoms with Gasteiger partial charge in [0.05, 0.1) is 11.4 Å². The average molecular weight is 392 g/mol. The molecule has 0 aliphatic carbocycles. The predicted octanol–water partition coefficient (Wildman–Crippen LogP) is 4.71. The number of nitrogens with zero attached hydrogens (tertiary/aromatic N) is 3. The Labute approximate surface area is 175 Å². The van der Waals surface area contributed by atoms with Gasteiger partial charge in [0.15, 0.2) is 0 Å². The van der Waals surface area contributed by atoms with Gasteiger partial charge in [-0.15, -0.1) is 0 Å². The van der Waals surface area contributed by atoms with Gasteiger partial charge in [0.1, 0.15) is 11.9 Å². The summed E-state index contributed by atoms with van der Waals surface area (Å²) >= 11 is 0. The van der Waals surface area contributed by atoms with Gasteiger partial charge in [-0.3, -0.25) is 4.98 Å². The molecule has 29 heavy (non-hydrogen) atoms. The van der Waals surface area contributed by atoms with E-state index in [1.165, 1.54) is 24.1 Å². The van der Waals surface area contributed by atoms with Gasteiger partial charge in [0.2, 0.25) is 0 Å². The van der Waals surface area contributed by atoms with E-state index in [2.05, 4.69) is 66.7 Å². The van der Waals surface area contributed by atoms with Crippen LogP contribution in [0.5, 0.6) is 5.75 Å². The minimum absolute atomic E-state index is 0.277. The van der Waals surface area contributed by atoms with Crippen LogP contribution in [0.1, 0.15) is 48.6 Å². The Morgan fingerprint density at radius 1 is 0.966 bits per heavy atom. The van der Waals surface area contributed by atoms with Crippen LogP contribution in [-0.2, 0) is 0 Å². The lowest BCUT2D eigenvalue weighted by Crippen LogP contribution is -2.37. The first-order valence-corrected chi connectivity index (χ1v) is 10.9. The van der Waals surface area contributed by atoms with Crippen LogP contribution in [0.4, 0.5) is 0 Å². The van der Waals surface area contributed by atoms with Crippen LogP contribution in [0.2, 0.25) is 0 Å². The Morgan fingerprint density at radius 3 is 2.41 bits per heavy atom. The number of rotatable bonds is 5. The van der Waals surface area contributed by atoms with Crippen molar-refractivity contribution in [3.8, 4) is 5.75 Å². The maximum absolute atomic E-state index is 6.25. The molecule has 4 heteroatoms. The Hall–Kier alpha value is -2.33. The fraction of sp³-hybridized carbons (Fsp3) is 0.480. The number of hydrogen-bond donors (Lipinski definition) is 0. The highest BCUT2D eigenvalue weighted by atomic mass is 16.5.